The quantitative estimate of drug-likeness (QED) is 0.512. The van der Waals surface area contributed by atoms with Crippen molar-refractivity contribution in [2.75, 3.05) is 13.1 Å². The van der Waals surface area contributed by atoms with Crippen molar-refractivity contribution in [2.24, 2.45) is 0 Å². The van der Waals surface area contributed by atoms with Crippen LogP contribution in [0.3, 0.4) is 0 Å². The van der Waals surface area contributed by atoms with Gasteiger partial charge in [0.2, 0.25) is 5.91 Å². The van der Waals surface area contributed by atoms with Gasteiger partial charge in [-0.25, -0.2) is 4.79 Å². The van der Waals surface area contributed by atoms with E-state index in [1.165, 1.54) is 0 Å². The lowest BCUT2D eigenvalue weighted by molar-refractivity contribution is -0.137. The summed E-state index contributed by atoms with van der Waals surface area (Å²) in [4.78, 5) is 32.3. The summed E-state index contributed by atoms with van der Waals surface area (Å²) in [5.41, 5.74) is -0.387. The summed E-state index contributed by atoms with van der Waals surface area (Å²) < 4.78 is 0. The summed E-state index contributed by atoms with van der Waals surface area (Å²) in [5, 5.41) is 15.3. The Hall–Kier alpha value is -1.79. The number of carboxylic acid groups (broad SMARTS) is 1. The minimum Gasteiger partial charge on any atom is -0.480 e. The molecule has 16 heavy (non-hydrogen) atoms. The molecule has 7 heteroatoms. The number of nitrogens with one attached hydrogen (secondary N) is 3. The Kier molecular flexibility index (Phi) is 5.27. The van der Waals surface area contributed by atoms with E-state index in [4.69, 9.17) is 5.11 Å². The van der Waals surface area contributed by atoms with Gasteiger partial charge >= 0.3 is 12.0 Å². The van der Waals surface area contributed by atoms with Gasteiger partial charge in [-0.05, 0) is 20.8 Å². The van der Waals surface area contributed by atoms with Gasteiger partial charge in [-0.3, -0.25) is 9.59 Å². The van der Waals surface area contributed by atoms with Gasteiger partial charge in [-0.1, -0.05) is 0 Å². The van der Waals surface area contributed by atoms with Crippen LogP contribution in [-0.4, -0.2) is 41.6 Å². The van der Waals surface area contributed by atoms with Gasteiger partial charge < -0.3 is 21.1 Å². The van der Waals surface area contributed by atoms with Crippen LogP contribution in [0.5, 0.6) is 0 Å². The van der Waals surface area contributed by atoms with Gasteiger partial charge in [0.05, 0.1) is 6.54 Å². The SMILES string of the molecule is CC(C)(C)NC(=O)NCC(=O)NCC(=O)O. The zero-order valence-electron chi connectivity index (χ0n) is 9.59. The Bertz CT molecular complexity index is 283. The molecule has 0 bridgehead atoms. The van der Waals surface area contributed by atoms with Gasteiger partial charge in [0, 0.05) is 5.54 Å². The molecular formula is C9H17N3O4. The van der Waals surface area contributed by atoms with Gasteiger partial charge in [0.1, 0.15) is 6.54 Å². The predicted molar refractivity (Wildman–Crippen MR) is 56.9 cm³/mol. The smallest absolute Gasteiger partial charge is 0.322 e. The fourth-order valence-electron chi connectivity index (χ4n) is 0.782. The molecule has 0 spiro atoms. The molecule has 0 fully saturated rings. The van der Waals surface area contributed by atoms with E-state index in [-0.39, 0.29) is 12.1 Å². The maximum absolute atomic E-state index is 11.2. The van der Waals surface area contributed by atoms with Crippen LogP contribution in [0.4, 0.5) is 4.79 Å². The predicted octanol–water partition coefficient (Wildman–Crippen LogP) is -0.715. The van der Waals surface area contributed by atoms with Crippen LogP contribution < -0.4 is 16.0 Å². The molecule has 0 atom stereocenters. The van der Waals surface area contributed by atoms with Crippen LogP contribution in [0, 0.1) is 0 Å². The van der Waals surface area contributed by atoms with E-state index < -0.39 is 24.5 Å². The summed E-state index contributed by atoms with van der Waals surface area (Å²) >= 11 is 0. The summed E-state index contributed by atoms with van der Waals surface area (Å²) in [7, 11) is 0. The van der Waals surface area contributed by atoms with E-state index in [1.54, 1.807) is 20.8 Å². The molecule has 4 N–H and O–H groups in total. The second-order valence-electron chi connectivity index (χ2n) is 4.23. The van der Waals surface area contributed by atoms with E-state index in [0.29, 0.717) is 0 Å². The number of rotatable bonds is 4. The van der Waals surface area contributed by atoms with Crippen LogP contribution in [-0.2, 0) is 9.59 Å². The average molecular weight is 231 g/mol. The number of aliphatic carboxylic acids is 1. The number of carbonyl (C=O) groups excluding carboxylic acids is 2. The van der Waals surface area contributed by atoms with E-state index >= 15 is 0 Å². The molecular weight excluding hydrogens is 214 g/mol. The standard InChI is InChI=1S/C9H17N3O4/c1-9(2,3)12-8(16)11-4-6(13)10-5-7(14)15/h4-5H2,1-3H3,(H,10,13)(H,14,15)(H2,11,12,16). The third-order valence-electron chi connectivity index (χ3n) is 1.33. The third kappa shape index (κ3) is 8.79. The zero-order valence-corrected chi connectivity index (χ0v) is 9.59. The molecule has 0 aliphatic rings. The molecule has 0 saturated carbocycles. The number of hydrogen-bond acceptors (Lipinski definition) is 3. The maximum Gasteiger partial charge on any atom is 0.322 e. The third-order valence-corrected chi connectivity index (χ3v) is 1.33. The van der Waals surface area contributed by atoms with E-state index in [9.17, 15) is 14.4 Å². The van der Waals surface area contributed by atoms with Crippen LogP contribution in [0.25, 0.3) is 0 Å². The Morgan fingerprint density at radius 1 is 1.06 bits per heavy atom. The van der Waals surface area contributed by atoms with Crippen molar-refractivity contribution in [1.82, 2.24) is 16.0 Å². The molecule has 0 unspecified atom stereocenters. The molecule has 0 rings (SSSR count). The highest BCUT2D eigenvalue weighted by atomic mass is 16.4. The monoisotopic (exact) mass is 231 g/mol. The molecule has 0 aromatic heterocycles. The number of urea groups is 1. The molecule has 0 aromatic rings. The molecule has 3 amide bonds. The van der Waals surface area contributed by atoms with E-state index in [0.717, 1.165) is 0 Å². The normalized spacial score (nSPS) is 10.4. The number of carboxylic acids is 1. The molecule has 7 nitrogen and oxygen atoms in total. The van der Waals surface area contributed by atoms with Crippen molar-refractivity contribution >= 4 is 17.9 Å². The van der Waals surface area contributed by atoms with Gasteiger partial charge in [-0.15, -0.1) is 0 Å². The molecule has 92 valence electrons. The summed E-state index contributed by atoms with van der Waals surface area (Å²) in [6, 6.07) is -0.474. The first-order valence-electron chi connectivity index (χ1n) is 4.75. The van der Waals surface area contributed by atoms with Crippen molar-refractivity contribution in [2.45, 2.75) is 26.3 Å². The van der Waals surface area contributed by atoms with Crippen molar-refractivity contribution in [3.63, 3.8) is 0 Å². The largest absolute Gasteiger partial charge is 0.480 e. The Balaban J connectivity index is 3.76. The fraction of sp³-hybridized carbons (Fsp3) is 0.667. The Morgan fingerprint density at radius 2 is 1.62 bits per heavy atom. The molecule has 0 radical (unpaired) electrons. The van der Waals surface area contributed by atoms with Crippen LogP contribution in [0.1, 0.15) is 20.8 Å². The van der Waals surface area contributed by atoms with Gasteiger partial charge in [0.25, 0.3) is 0 Å². The molecule has 0 aliphatic heterocycles. The van der Waals surface area contributed by atoms with Crippen molar-refractivity contribution < 1.29 is 19.5 Å². The van der Waals surface area contributed by atoms with Gasteiger partial charge in [-0.2, -0.15) is 0 Å². The second kappa shape index (κ2) is 5.94. The molecule has 0 aromatic carbocycles. The van der Waals surface area contributed by atoms with Crippen LogP contribution in [0.15, 0.2) is 0 Å². The molecule has 0 saturated heterocycles. The lowest BCUT2D eigenvalue weighted by Gasteiger charge is -2.20. The molecule has 0 heterocycles. The number of hydrogen-bond donors (Lipinski definition) is 4. The first kappa shape index (κ1) is 14.2. The van der Waals surface area contributed by atoms with Crippen LogP contribution in [0.2, 0.25) is 0 Å². The fourth-order valence-corrected chi connectivity index (χ4v) is 0.782. The summed E-state index contributed by atoms with van der Waals surface area (Å²) in [6.07, 6.45) is 0. The van der Waals surface area contributed by atoms with Gasteiger partial charge in [0.15, 0.2) is 0 Å². The van der Waals surface area contributed by atoms with Crippen molar-refractivity contribution in [3.8, 4) is 0 Å². The highest BCUT2D eigenvalue weighted by Gasteiger charge is 2.13. The maximum atomic E-state index is 11.2. The minimum absolute atomic E-state index is 0.255. The first-order valence-corrected chi connectivity index (χ1v) is 4.75. The highest BCUT2D eigenvalue weighted by Crippen LogP contribution is 1.96. The van der Waals surface area contributed by atoms with Crippen LogP contribution >= 0.6 is 0 Å². The summed E-state index contributed by atoms with van der Waals surface area (Å²) in [6.45, 7) is 4.70. The van der Waals surface area contributed by atoms with Crippen molar-refractivity contribution in [3.05, 3.63) is 0 Å². The molecule has 0 aliphatic carbocycles. The lowest BCUT2D eigenvalue weighted by Crippen LogP contribution is -2.49. The highest BCUT2D eigenvalue weighted by molar-refractivity contribution is 5.86. The van der Waals surface area contributed by atoms with Crippen molar-refractivity contribution in [1.29, 1.82) is 0 Å². The van der Waals surface area contributed by atoms with E-state index in [2.05, 4.69) is 16.0 Å². The summed E-state index contributed by atoms with van der Waals surface area (Å²) in [5.74, 6) is -1.68. The zero-order chi connectivity index (χ0) is 12.8. The number of carbonyl (C=O) groups is 3. The van der Waals surface area contributed by atoms with E-state index in [1.807, 2.05) is 0 Å². The number of amides is 3. The Morgan fingerprint density at radius 3 is 2.06 bits per heavy atom. The topological polar surface area (TPSA) is 108 Å². The first-order chi connectivity index (χ1) is 7.20. The lowest BCUT2D eigenvalue weighted by atomic mass is 10.1. The second-order valence-corrected chi connectivity index (χ2v) is 4.23. The average Bonchev–Trinajstić information content (AvgIpc) is 2.08. The Labute approximate surface area is 93.6 Å². The minimum atomic E-state index is -1.13.